The summed E-state index contributed by atoms with van der Waals surface area (Å²) in [7, 11) is 0. The fourth-order valence-electron chi connectivity index (χ4n) is 3.74. The average Bonchev–Trinajstić information content (AvgIpc) is 3.11. The summed E-state index contributed by atoms with van der Waals surface area (Å²) in [6, 6.07) is 15.8. The number of ether oxygens (including phenoxy) is 1. The number of nitrogens with zero attached hydrogens (tertiary/aromatic N) is 3. The van der Waals surface area contributed by atoms with E-state index in [-0.39, 0.29) is 5.56 Å². The van der Waals surface area contributed by atoms with Crippen LogP contribution in [0.5, 0.6) is 5.75 Å². The number of hydrogen-bond acceptors (Lipinski definition) is 4. The van der Waals surface area contributed by atoms with Gasteiger partial charge in [0.25, 0.3) is 5.56 Å². The van der Waals surface area contributed by atoms with E-state index in [0.717, 1.165) is 29.8 Å². The first-order valence-corrected chi connectivity index (χ1v) is 9.67. The van der Waals surface area contributed by atoms with E-state index < -0.39 is 0 Å². The summed E-state index contributed by atoms with van der Waals surface area (Å²) in [5, 5.41) is 5.81. The maximum absolute atomic E-state index is 12.6. The second-order valence-corrected chi connectivity index (χ2v) is 7.17. The molecule has 1 saturated heterocycles. The highest BCUT2D eigenvalue weighted by Crippen LogP contribution is 2.18. The van der Waals surface area contributed by atoms with Crippen molar-refractivity contribution in [3.05, 3.63) is 65.1 Å². The van der Waals surface area contributed by atoms with Crippen molar-refractivity contribution in [2.45, 2.75) is 32.2 Å². The summed E-state index contributed by atoms with van der Waals surface area (Å²) in [6.45, 7) is 5.31. The lowest BCUT2D eigenvalue weighted by atomic mass is 10.2. The summed E-state index contributed by atoms with van der Waals surface area (Å²) in [5.41, 5.74) is 0.630. The number of fused-ring (bicyclic) bond motifs is 1. The van der Waals surface area contributed by atoms with E-state index >= 15 is 0 Å². The number of likely N-dealkylation sites (tertiary alicyclic amines) is 1. The molecule has 1 aromatic heterocycles. The van der Waals surface area contributed by atoms with Gasteiger partial charge in [0.15, 0.2) is 0 Å². The Bertz CT molecular complexity index is 965. The molecule has 140 valence electrons. The van der Waals surface area contributed by atoms with Crippen molar-refractivity contribution < 1.29 is 4.74 Å². The molecule has 3 aromatic rings. The van der Waals surface area contributed by atoms with Crippen LogP contribution in [0.15, 0.2) is 59.5 Å². The van der Waals surface area contributed by atoms with Gasteiger partial charge in [-0.25, -0.2) is 0 Å². The van der Waals surface area contributed by atoms with Crippen molar-refractivity contribution in [3.63, 3.8) is 0 Å². The van der Waals surface area contributed by atoms with Crippen molar-refractivity contribution in [2.75, 3.05) is 19.7 Å². The van der Waals surface area contributed by atoms with Gasteiger partial charge in [0.05, 0.1) is 23.9 Å². The van der Waals surface area contributed by atoms with Gasteiger partial charge in [0.2, 0.25) is 0 Å². The molecule has 4 rings (SSSR count). The van der Waals surface area contributed by atoms with E-state index in [1.807, 2.05) is 48.5 Å². The topological polar surface area (TPSA) is 47.4 Å². The van der Waals surface area contributed by atoms with Gasteiger partial charge in [-0.15, -0.1) is 0 Å². The van der Waals surface area contributed by atoms with Crippen LogP contribution >= 0.6 is 0 Å². The minimum absolute atomic E-state index is 0.110. The Morgan fingerprint density at radius 3 is 2.74 bits per heavy atom. The number of aromatic nitrogens is 2. The van der Waals surface area contributed by atoms with Crippen LogP contribution in [0.2, 0.25) is 0 Å². The van der Waals surface area contributed by atoms with Gasteiger partial charge in [-0.1, -0.05) is 18.2 Å². The molecular formula is C22H25N3O2. The predicted octanol–water partition coefficient (Wildman–Crippen LogP) is 3.64. The van der Waals surface area contributed by atoms with Crippen molar-refractivity contribution in [1.29, 1.82) is 0 Å². The van der Waals surface area contributed by atoms with Crippen LogP contribution in [0.25, 0.3) is 16.5 Å². The zero-order valence-corrected chi connectivity index (χ0v) is 15.7. The quantitative estimate of drug-likeness (QED) is 0.628. The molecule has 0 aliphatic carbocycles. The van der Waals surface area contributed by atoms with Crippen LogP contribution in [0, 0.1) is 0 Å². The van der Waals surface area contributed by atoms with Gasteiger partial charge in [0.1, 0.15) is 5.75 Å². The van der Waals surface area contributed by atoms with E-state index in [1.54, 1.807) is 6.20 Å². The lowest BCUT2D eigenvalue weighted by Gasteiger charge is -2.20. The maximum Gasteiger partial charge on any atom is 0.279 e. The van der Waals surface area contributed by atoms with Crippen LogP contribution in [-0.4, -0.2) is 40.4 Å². The van der Waals surface area contributed by atoms with E-state index in [0.29, 0.717) is 18.0 Å². The van der Waals surface area contributed by atoms with Gasteiger partial charge in [-0.3, -0.25) is 4.79 Å². The molecular weight excluding hydrogens is 338 g/mol. The van der Waals surface area contributed by atoms with Crippen LogP contribution in [-0.2, 0) is 0 Å². The Labute approximate surface area is 159 Å². The number of hydrogen-bond donors (Lipinski definition) is 0. The highest BCUT2D eigenvalue weighted by molar-refractivity contribution is 5.80. The summed E-state index contributed by atoms with van der Waals surface area (Å²) >= 11 is 0. The third-order valence-electron chi connectivity index (χ3n) is 5.33. The Morgan fingerprint density at radius 1 is 1.15 bits per heavy atom. The van der Waals surface area contributed by atoms with Crippen molar-refractivity contribution >= 4 is 10.8 Å². The van der Waals surface area contributed by atoms with Crippen molar-refractivity contribution in [1.82, 2.24) is 14.7 Å². The van der Waals surface area contributed by atoms with Crippen LogP contribution in [0.1, 0.15) is 26.2 Å². The maximum atomic E-state index is 12.6. The Hall–Kier alpha value is -2.66. The Balaban J connectivity index is 1.39. The lowest BCUT2D eigenvalue weighted by Crippen LogP contribution is -2.28. The first kappa shape index (κ1) is 17.7. The molecule has 0 amide bonds. The molecule has 1 aliphatic rings. The van der Waals surface area contributed by atoms with Crippen molar-refractivity contribution in [2.24, 2.45) is 0 Å². The molecule has 0 saturated carbocycles. The highest BCUT2D eigenvalue weighted by atomic mass is 16.5. The first-order valence-electron chi connectivity index (χ1n) is 9.67. The third-order valence-corrected chi connectivity index (χ3v) is 5.33. The second kappa shape index (κ2) is 7.92. The Kier molecular flexibility index (Phi) is 5.21. The van der Waals surface area contributed by atoms with E-state index in [4.69, 9.17) is 4.74 Å². The number of benzene rings is 2. The summed E-state index contributed by atoms with van der Waals surface area (Å²) in [4.78, 5) is 15.2. The smallest absolute Gasteiger partial charge is 0.279 e. The third kappa shape index (κ3) is 3.88. The lowest BCUT2D eigenvalue weighted by molar-refractivity contribution is 0.230. The van der Waals surface area contributed by atoms with Crippen LogP contribution < -0.4 is 10.3 Å². The van der Waals surface area contributed by atoms with E-state index in [9.17, 15) is 4.79 Å². The standard InChI is InChI=1S/C22H25N3O2/c1-17-6-4-13-24(17)14-5-15-27-20-11-9-19(10-12-20)25-22(26)21-8-3-2-7-18(21)16-23-25/h2-3,7-12,16-17H,4-6,13-15H2,1H3/t17-/m1/s1. The molecule has 27 heavy (non-hydrogen) atoms. The monoisotopic (exact) mass is 363 g/mol. The molecule has 0 N–H and O–H groups in total. The van der Waals surface area contributed by atoms with Gasteiger partial charge in [-0.05, 0) is 63.1 Å². The van der Waals surface area contributed by atoms with Crippen LogP contribution in [0.3, 0.4) is 0 Å². The number of rotatable bonds is 6. The van der Waals surface area contributed by atoms with Gasteiger partial charge in [0, 0.05) is 18.0 Å². The van der Waals surface area contributed by atoms with E-state index in [1.165, 1.54) is 24.1 Å². The first-order chi connectivity index (χ1) is 13.2. The molecule has 0 unspecified atom stereocenters. The predicted molar refractivity (Wildman–Crippen MR) is 108 cm³/mol. The van der Waals surface area contributed by atoms with Gasteiger partial charge in [-0.2, -0.15) is 9.78 Å². The van der Waals surface area contributed by atoms with Crippen LogP contribution in [0.4, 0.5) is 0 Å². The fraction of sp³-hybridized carbons (Fsp3) is 0.364. The molecule has 1 aliphatic heterocycles. The molecule has 2 aromatic carbocycles. The average molecular weight is 363 g/mol. The largest absolute Gasteiger partial charge is 0.494 e. The normalized spacial score (nSPS) is 17.4. The highest BCUT2D eigenvalue weighted by Gasteiger charge is 2.19. The molecule has 5 heteroatoms. The Morgan fingerprint density at radius 2 is 1.96 bits per heavy atom. The van der Waals surface area contributed by atoms with Crippen molar-refractivity contribution in [3.8, 4) is 11.4 Å². The fourth-order valence-corrected chi connectivity index (χ4v) is 3.74. The summed E-state index contributed by atoms with van der Waals surface area (Å²) < 4.78 is 7.29. The summed E-state index contributed by atoms with van der Waals surface area (Å²) in [6.07, 6.45) is 5.37. The minimum atomic E-state index is -0.110. The zero-order chi connectivity index (χ0) is 18.6. The van der Waals surface area contributed by atoms with Gasteiger partial charge < -0.3 is 9.64 Å². The SMILES string of the molecule is C[C@@H]1CCCN1CCCOc1ccc(-n2ncc3ccccc3c2=O)cc1. The van der Waals surface area contributed by atoms with E-state index in [2.05, 4.69) is 16.9 Å². The van der Waals surface area contributed by atoms with Gasteiger partial charge >= 0.3 is 0 Å². The molecule has 0 bridgehead atoms. The molecule has 1 atom stereocenters. The molecule has 1 fully saturated rings. The summed E-state index contributed by atoms with van der Waals surface area (Å²) in [5.74, 6) is 0.821. The zero-order valence-electron chi connectivity index (χ0n) is 15.7. The minimum Gasteiger partial charge on any atom is -0.494 e. The molecule has 0 radical (unpaired) electrons. The molecule has 0 spiro atoms. The molecule has 5 nitrogen and oxygen atoms in total. The molecule has 2 heterocycles. The second-order valence-electron chi connectivity index (χ2n) is 7.17.